The Morgan fingerprint density at radius 1 is 0.750 bits per heavy atom. The quantitative estimate of drug-likeness (QED) is 0.463. The highest BCUT2D eigenvalue weighted by Crippen LogP contribution is 2.22. The number of hydrogen-bond donors (Lipinski definition) is 0. The molecule has 0 fully saturated rings. The van der Waals surface area contributed by atoms with Crippen LogP contribution in [0.3, 0.4) is 0 Å². The first kappa shape index (κ1) is 20.2. The average molecular weight is 449 g/mol. The maximum absolute atomic E-state index is 12.1. The molecule has 28 heavy (non-hydrogen) atoms. The van der Waals surface area contributed by atoms with Crippen LogP contribution in [-0.2, 0) is 29.5 Å². The minimum absolute atomic E-state index is 0.233. The molecule has 0 N–H and O–H groups in total. The van der Waals surface area contributed by atoms with Gasteiger partial charge in [-0.1, -0.05) is 0 Å². The lowest BCUT2D eigenvalue weighted by Gasteiger charge is -2.22. The van der Waals surface area contributed by atoms with E-state index >= 15 is 0 Å². The topological polar surface area (TPSA) is 156 Å². The maximum Gasteiger partial charge on any atom is 0.240 e. The van der Waals surface area contributed by atoms with E-state index < -0.39 is 35.8 Å². The number of hydrogen-bond acceptors (Lipinski definition) is 9. The SMILES string of the molecule is CS(=O)(=O)c1ccn(C(n2nccc2S(C)(=O)=O)n2nccc2S(C)(=O)=O)n1. The summed E-state index contributed by atoms with van der Waals surface area (Å²) in [5, 5.41) is 11.2. The highest BCUT2D eigenvalue weighted by molar-refractivity contribution is 7.91. The second kappa shape index (κ2) is 6.52. The lowest BCUT2D eigenvalue weighted by atomic mass is 10.6. The molecule has 0 radical (unpaired) electrons. The lowest BCUT2D eigenvalue weighted by Crippen LogP contribution is -2.32. The van der Waals surface area contributed by atoms with Gasteiger partial charge >= 0.3 is 0 Å². The Kier molecular flexibility index (Phi) is 4.71. The van der Waals surface area contributed by atoms with Crippen LogP contribution in [0.15, 0.2) is 51.9 Å². The van der Waals surface area contributed by atoms with Gasteiger partial charge in [0, 0.05) is 25.0 Å². The van der Waals surface area contributed by atoms with E-state index in [0.29, 0.717) is 0 Å². The summed E-state index contributed by atoms with van der Waals surface area (Å²) < 4.78 is 75.2. The van der Waals surface area contributed by atoms with Crippen molar-refractivity contribution in [2.24, 2.45) is 0 Å². The van der Waals surface area contributed by atoms with Crippen molar-refractivity contribution in [1.82, 2.24) is 29.3 Å². The molecule has 0 unspecified atom stereocenters. The van der Waals surface area contributed by atoms with Gasteiger partial charge in [0.1, 0.15) is 0 Å². The van der Waals surface area contributed by atoms with Gasteiger partial charge in [0.25, 0.3) is 0 Å². The fourth-order valence-electron chi connectivity index (χ4n) is 2.51. The van der Waals surface area contributed by atoms with Crippen molar-refractivity contribution < 1.29 is 25.3 Å². The molecular weight excluding hydrogens is 432 g/mol. The summed E-state index contributed by atoms with van der Waals surface area (Å²) in [7, 11) is -11.2. The summed E-state index contributed by atoms with van der Waals surface area (Å²) in [4.78, 5) is 0. The van der Waals surface area contributed by atoms with Crippen molar-refractivity contribution in [3.05, 3.63) is 36.8 Å². The Bertz CT molecular complexity index is 1280. The number of rotatable bonds is 6. The predicted octanol–water partition coefficient (Wildman–Crippen LogP) is -0.961. The molecule has 0 bridgehead atoms. The highest BCUT2D eigenvalue weighted by Gasteiger charge is 2.29. The normalized spacial score (nSPS) is 13.3. The van der Waals surface area contributed by atoms with Crippen LogP contribution in [0.25, 0.3) is 0 Å². The van der Waals surface area contributed by atoms with E-state index in [1.807, 2.05) is 0 Å². The Morgan fingerprint density at radius 2 is 1.21 bits per heavy atom. The standard InChI is InChI=1S/C13H16N6O6S3/c1-26(20,21)10-6-9-17(16-10)13(18-11(4-7-14-18)27(2,22)23)19-12(5-8-15-19)28(3,24)25/h4-9,13H,1-3H3. The third-order valence-electron chi connectivity index (χ3n) is 3.67. The summed E-state index contributed by atoms with van der Waals surface area (Å²) in [5.74, 6) is 0. The minimum Gasteiger partial charge on any atom is -0.226 e. The van der Waals surface area contributed by atoms with Crippen molar-refractivity contribution in [3.63, 3.8) is 0 Å². The summed E-state index contributed by atoms with van der Waals surface area (Å²) >= 11 is 0. The van der Waals surface area contributed by atoms with Crippen LogP contribution in [0.5, 0.6) is 0 Å². The Morgan fingerprint density at radius 3 is 1.57 bits per heavy atom. The Labute approximate surface area is 161 Å². The van der Waals surface area contributed by atoms with E-state index in [-0.39, 0.29) is 15.1 Å². The molecule has 3 aromatic rings. The van der Waals surface area contributed by atoms with Crippen LogP contribution in [0.4, 0.5) is 0 Å². The summed E-state index contributed by atoms with van der Waals surface area (Å²) in [6.07, 6.45) is 5.26. The molecule has 12 nitrogen and oxygen atoms in total. The number of nitrogens with zero attached hydrogens (tertiary/aromatic N) is 6. The van der Waals surface area contributed by atoms with Crippen molar-refractivity contribution >= 4 is 29.5 Å². The molecule has 0 aliphatic carbocycles. The van der Waals surface area contributed by atoms with Crippen LogP contribution in [-0.4, -0.2) is 73.4 Å². The van der Waals surface area contributed by atoms with Gasteiger partial charge in [-0.05, 0) is 18.2 Å². The van der Waals surface area contributed by atoms with Crippen molar-refractivity contribution in [3.8, 4) is 0 Å². The van der Waals surface area contributed by atoms with E-state index in [4.69, 9.17) is 0 Å². The first-order chi connectivity index (χ1) is 12.8. The number of sulfone groups is 3. The second-order valence-electron chi connectivity index (χ2n) is 6.02. The van der Waals surface area contributed by atoms with Crippen LogP contribution in [0.2, 0.25) is 0 Å². The van der Waals surface area contributed by atoms with Crippen LogP contribution >= 0.6 is 0 Å². The lowest BCUT2D eigenvalue weighted by molar-refractivity contribution is 0.247. The largest absolute Gasteiger partial charge is 0.240 e. The average Bonchev–Trinajstić information content (AvgIpc) is 3.26. The molecule has 0 spiro atoms. The molecule has 3 aromatic heterocycles. The Balaban J connectivity index is 2.33. The molecule has 152 valence electrons. The molecule has 0 saturated heterocycles. The molecule has 0 atom stereocenters. The van der Waals surface area contributed by atoms with Gasteiger partial charge in [-0.25, -0.2) is 39.3 Å². The van der Waals surface area contributed by atoms with Gasteiger partial charge in [0.2, 0.25) is 6.29 Å². The van der Waals surface area contributed by atoms with E-state index in [1.165, 1.54) is 36.8 Å². The first-order valence-electron chi connectivity index (χ1n) is 7.52. The molecule has 0 amide bonds. The van der Waals surface area contributed by atoms with Crippen LogP contribution in [0, 0.1) is 0 Å². The zero-order chi connectivity index (χ0) is 20.9. The van der Waals surface area contributed by atoms with Gasteiger partial charge in [-0.3, -0.25) is 0 Å². The van der Waals surface area contributed by atoms with Crippen LogP contribution in [0.1, 0.15) is 6.29 Å². The van der Waals surface area contributed by atoms with Gasteiger partial charge < -0.3 is 0 Å². The fourth-order valence-corrected chi connectivity index (χ4v) is 4.64. The molecule has 0 aliphatic rings. The summed E-state index contributed by atoms with van der Waals surface area (Å²) in [5.41, 5.74) is 0. The fraction of sp³-hybridized carbons (Fsp3) is 0.308. The molecule has 0 aromatic carbocycles. The van der Waals surface area contributed by atoms with Crippen molar-refractivity contribution in [1.29, 1.82) is 0 Å². The summed E-state index contributed by atoms with van der Waals surface area (Å²) in [6.45, 7) is 0. The monoisotopic (exact) mass is 448 g/mol. The van der Waals surface area contributed by atoms with Gasteiger partial charge in [-0.15, -0.1) is 0 Å². The maximum atomic E-state index is 12.1. The van der Waals surface area contributed by atoms with E-state index in [9.17, 15) is 25.3 Å². The van der Waals surface area contributed by atoms with E-state index in [1.54, 1.807) is 0 Å². The molecule has 0 saturated carbocycles. The van der Waals surface area contributed by atoms with Gasteiger partial charge in [0.05, 0.1) is 12.4 Å². The highest BCUT2D eigenvalue weighted by atomic mass is 32.2. The zero-order valence-corrected chi connectivity index (χ0v) is 17.3. The third kappa shape index (κ3) is 3.72. The molecule has 15 heteroatoms. The van der Waals surface area contributed by atoms with Gasteiger partial charge in [0.15, 0.2) is 44.6 Å². The summed E-state index contributed by atoms with van der Waals surface area (Å²) in [6, 6.07) is 3.66. The molecular formula is C13H16N6O6S3. The molecule has 3 rings (SSSR count). The minimum atomic E-state index is -3.75. The van der Waals surface area contributed by atoms with E-state index in [0.717, 1.165) is 32.8 Å². The number of aromatic nitrogens is 6. The molecule has 0 aliphatic heterocycles. The smallest absolute Gasteiger partial charge is 0.226 e. The van der Waals surface area contributed by atoms with Crippen molar-refractivity contribution in [2.45, 2.75) is 21.4 Å². The first-order valence-corrected chi connectivity index (χ1v) is 13.2. The van der Waals surface area contributed by atoms with Crippen LogP contribution < -0.4 is 0 Å². The second-order valence-corrected chi connectivity index (χ2v) is 11.9. The van der Waals surface area contributed by atoms with E-state index in [2.05, 4.69) is 15.3 Å². The third-order valence-corrected chi connectivity index (χ3v) is 6.81. The predicted molar refractivity (Wildman–Crippen MR) is 95.8 cm³/mol. The Hall–Kier alpha value is -2.52. The molecule has 3 heterocycles. The van der Waals surface area contributed by atoms with Crippen molar-refractivity contribution in [2.75, 3.05) is 18.8 Å². The zero-order valence-electron chi connectivity index (χ0n) is 14.9. The van der Waals surface area contributed by atoms with Gasteiger partial charge in [-0.2, -0.15) is 15.3 Å².